The van der Waals surface area contributed by atoms with Crippen LogP contribution in [0.1, 0.15) is 38.3 Å². The summed E-state index contributed by atoms with van der Waals surface area (Å²) in [5, 5.41) is 0. The monoisotopic (exact) mass is 262 g/mol. The summed E-state index contributed by atoms with van der Waals surface area (Å²) in [6, 6.07) is 4.84. The van der Waals surface area contributed by atoms with E-state index in [1.165, 1.54) is 25.9 Å². The molecular weight excluding hydrogens is 236 g/mol. The smallest absolute Gasteiger partial charge is 0.128 e. The summed E-state index contributed by atoms with van der Waals surface area (Å²) in [6.07, 6.45) is 4.35. The van der Waals surface area contributed by atoms with Gasteiger partial charge in [0.1, 0.15) is 5.82 Å². The van der Waals surface area contributed by atoms with Gasteiger partial charge in [-0.15, -0.1) is 0 Å². The lowest BCUT2D eigenvalue weighted by molar-refractivity contribution is 0.220. The minimum atomic E-state index is 0.0552. The van der Waals surface area contributed by atoms with Crippen LogP contribution in [0, 0.1) is 0 Å². The van der Waals surface area contributed by atoms with E-state index in [0.717, 1.165) is 17.9 Å². The Bertz CT molecular complexity index is 380. The maximum absolute atomic E-state index is 5.85. The topological polar surface area (TPSA) is 45.4 Å². The first-order valence-corrected chi connectivity index (χ1v) is 7.28. The van der Waals surface area contributed by atoms with Crippen molar-refractivity contribution >= 4 is 5.82 Å². The van der Waals surface area contributed by atoms with Gasteiger partial charge in [-0.1, -0.05) is 13.0 Å². The molecule has 0 saturated carbocycles. The first-order valence-electron chi connectivity index (χ1n) is 7.28. The zero-order valence-electron chi connectivity index (χ0n) is 12.3. The highest BCUT2D eigenvalue weighted by Gasteiger charge is 2.22. The van der Waals surface area contributed by atoms with Crippen molar-refractivity contribution in [1.29, 1.82) is 0 Å². The number of aromatic nitrogens is 1. The van der Waals surface area contributed by atoms with Gasteiger partial charge in [0.05, 0.1) is 0 Å². The summed E-state index contributed by atoms with van der Waals surface area (Å²) >= 11 is 0. The summed E-state index contributed by atoms with van der Waals surface area (Å²) < 4.78 is 0. The van der Waals surface area contributed by atoms with Crippen LogP contribution in [-0.2, 0) is 0 Å². The minimum Gasteiger partial charge on any atom is -0.357 e. The lowest BCUT2D eigenvalue weighted by Crippen LogP contribution is -2.43. The van der Waals surface area contributed by atoms with Crippen molar-refractivity contribution < 1.29 is 0 Å². The van der Waals surface area contributed by atoms with Crippen LogP contribution in [0.15, 0.2) is 18.3 Å². The summed E-state index contributed by atoms with van der Waals surface area (Å²) in [5.74, 6) is 1.05. The third-order valence-electron chi connectivity index (χ3n) is 4.21. The van der Waals surface area contributed by atoms with Crippen LogP contribution in [0.2, 0.25) is 0 Å². The summed E-state index contributed by atoms with van der Waals surface area (Å²) in [5.41, 5.74) is 6.95. The van der Waals surface area contributed by atoms with Gasteiger partial charge in [0.15, 0.2) is 0 Å². The third-order valence-corrected chi connectivity index (χ3v) is 4.21. The molecule has 4 nitrogen and oxygen atoms in total. The van der Waals surface area contributed by atoms with Crippen LogP contribution >= 0.6 is 0 Å². The predicted octanol–water partition coefficient (Wildman–Crippen LogP) is 2.02. The third kappa shape index (κ3) is 3.45. The van der Waals surface area contributed by atoms with E-state index < -0.39 is 0 Å². The van der Waals surface area contributed by atoms with Crippen molar-refractivity contribution in [1.82, 2.24) is 9.88 Å². The number of nitrogens with zero attached hydrogens (tertiary/aromatic N) is 3. The molecule has 1 aromatic heterocycles. The van der Waals surface area contributed by atoms with Gasteiger partial charge in [-0.25, -0.2) is 4.98 Å². The number of nitrogens with two attached hydrogens (primary N) is 1. The first kappa shape index (κ1) is 14.3. The molecule has 0 spiro atoms. The Balaban J connectivity index is 1.97. The van der Waals surface area contributed by atoms with E-state index in [2.05, 4.69) is 40.9 Å². The quantitative estimate of drug-likeness (QED) is 0.902. The van der Waals surface area contributed by atoms with Crippen molar-refractivity contribution in [2.24, 2.45) is 5.73 Å². The molecule has 19 heavy (non-hydrogen) atoms. The Hall–Kier alpha value is -1.13. The molecular formula is C15H26N4. The number of pyridine rings is 1. The van der Waals surface area contributed by atoms with Crippen molar-refractivity contribution in [2.45, 2.75) is 38.8 Å². The van der Waals surface area contributed by atoms with E-state index in [-0.39, 0.29) is 6.04 Å². The van der Waals surface area contributed by atoms with Gasteiger partial charge < -0.3 is 15.5 Å². The second-order valence-electron chi connectivity index (χ2n) is 5.51. The number of piperidine rings is 1. The molecule has 1 atom stereocenters. The van der Waals surface area contributed by atoms with Crippen LogP contribution in [0.5, 0.6) is 0 Å². The van der Waals surface area contributed by atoms with Crippen molar-refractivity contribution in [3.63, 3.8) is 0 Å². The van der Waals surface area contributed by atoms with Gasteiger partial charge in [-0.05, 0) is 37.9 Å². The highest BCUT2D eigenvalue weighted by Crippen LogP contribution is 2.21. The van der Waals surface area contributed by atoms with Gasteiger partial charge in [0.25, 0.3) is 0 Å². The Morgan fingerprint density at radius 2 is 2.11 bits per heavy atom. The highest BCUT2D eigenvalue weighted by atomic mass is 15.2. The average molecular weight is 262 g/mol. The van der Waals surface area contributed by atoms with Crippen LogP contribution in [0.25, 0.3) is 0 Å². The molecule has 1 aromatic rings. The number of anilines is 1. The molecule has 2 rings (SSSR count). The SMILES string of the molecule is CCN1CCC(N(C)c2ccc([C@@H](C)N)cn2)CC1. The summed E-state index contributed by atoms with van der Waals surface area (Å²) in [7, 11) is 2.15. The molecule has 4 heteroatoms. The zero-order valence-corrected chi connectivity index (χ0v) is 12.3. The predicted molar refractivity (Wildman–Crippen MR) is 80.4 cm³/mol. The van der Waals surface area contributed by atoms with Crippen molar-refractivity contribution in [3.8, 4) is 0 Å². The lowest BCUT2D eigenvalue weighted by Gasteiger charge is -2.36. The van der Waals surface area contributed by atoms with Crippen LogP contribution in [-0.4, -0.2) is 42.6 Å². The molecule has 0 bridgehead atoms. The van der Waals surface area contributed by atoms with E-state index in [4.69, 9.17) is 5.73 Å². The first-order chi connectivity index (χ1) is 9.11. The Morgan fingerprint density at radius 1 is 1.42 bits per heavy atom. The summed E-state index contributed by atoms with van der Waals surface area (Å²) in [4.78, 5) is 9.37. The van der Waals surface area contributed by atoms with Gasteiger partial charge in [-0.3, -0.25) is 0 Å². The minimum absolute atomic E-state index is 0.0552. The number of rotatable bonds is 4. The fourth-order valence-electron chi connectivity index (χ4n) is 2.69. The van der Waals surface area contributed by atoms with E-state index in [0.29, 0.717) is 6.04 Å². The van der Waals surface area contributed by atoms with Gasteiger partial charge >= 0.3 is 0 Å². The molecule has 1 aliphatic rings. The second-order valence-corrected chi connectivity index (χ2v) is 5.51. The van der Waals surface area contributed by atoms with Gasteiger partial charge in [0.2, 0.25) is 0 Å². The molecule has 2 heterocycles. The van der Waals surface area contributed by atoms with E-state index >= 15 is 0 Å². The molecule has 1 fully saturated rings. The second kappa shape index (κ2) is 6.35. The number of likely N-dealkylation sites (tertiary alicyclic amines) is 1. The largest absolute Gasteiger partial charge is 0.357 e. The fourth-order valence-corrected chi connectivity index (χ4v) is 2.69. The van der Waals surface area contributed by atoms with Crippen LogP contribution in [0.3, 0.4) is 0 Å². The van der Waals surface area contributed by atoms with Crippen LogP contribution in [0.4, 0.5) is 5.82 Å². The van der Waals surface area contributed by atoms with Crippen molar-refractivity contribution in [2.75, 3.05) is 31.6 Å². The van der Waals surface area contributed by atoms with Crippen LogP contribution < -0.4 is 10.6 Å². The Morgan fingerprint density at radius 3 is 2.58 bits per heavy atom. The number of hydrogen-bond donors (Lipinski definition) is 1. The van der Waals surface area contributed by atoms with Crippen molar-refractivity contribution in [3.05, 3.63) is 23.9 Å². The lowest BCUT2D eigenvalue weighted by atomic mass is 10.0. The highest BCUT2D eigenvalue weighted by molar-refractivity contribution is 5.40. The molecule has 0 aliphatic carbocycles. The molecule has 2 N–H and O–H groups in total. The molecule has 0 unspecified atom stereocenters. The molecule has 0 amide bonds. The van der Waals surface area contributed by atoms with E-state index in [1.54, 1.807) is 0 Å². The maximum Gasteiger partial charge on any atom is 0.128 e. The maximum atomic E-state index is 5.85. The molecule has 106 valence electrons. The van der Waals surface area contributed by atoms with Gasteiger partial charge in [-0.2, -0.15) is 0 Å². The Labute approximate surface area is 116 Å². The molecule has 0 radical (unpaired) electrons. The molecule has 1 saturated heterocycles. The van der Waals surface area contributed by atoms with Gasteiger partial charge in [0, 0.05) is 38.4 Å². The molecule has 0 aromatic carbocycles. The zero-order chi connectivity index (χ0) is 13.8. The number of hydrogen-bond acceptors (Lipinski definition) is 4. The van der Waals surface area contributed by atoms with E-state index in [9.17, 15) is 0 Å². The average Bonchev–Trinajstić information content (AvgIpc) is 2.46. The normalized spacial score (nSPS) is 19.4. The summed E-state index contributed by atoms with van der Waals surface area (Å²) in [6.45, 7) is 7.78. The standard InChI is InChI=1S/C15H26N4/c1-4-19-9-7-14(8-10-19)18(3)15-6-5-13(11-17-15)12(2)16/h5-6,11-12,14H,4,7-10,16H2,1-3H3/t12-/m1/s1. The van der Waals surface area contributed by atoms with E-state index in [1.807, 2.05) is 13.1 Å². The Kier molecular flexibility index (Phi) is 4.77. The molecule has 1 aliphatic heterocycles. The fraction of sp³-hybridized carbons (Fsp3) is 0.667.